The van der Waals surface area contributed by atoms with Crippen LogP contribution in [0.4, 0.5) is 4.39 Å². The molecular weight excluding hydrogens is 373 g/mol. The Bertz CT molecular complexity index is 561. The average Bonchev–Trinajstić information content (AvgIpc) is 2.54. The van der Waals surface area contributed by atoms with Gasteiger partial charge in [-0.25, -0.2) is 4.39 Å². The number of hydrogen-bond acceptors (Lipinski definition) is 2. The molecule has 1 aromatic rings. The molecule has 0 heterocycles. The highest BCUT2D eigenvalue weighted by Crippen LogP contribution is 2.43. The molecule has 1 aliphatic carbocycles. The van der Waals surface area contributed by atoms with E-state index >= 15 is 0 Å². The highest BCUT2D eigenvalue weighted by Gasteiger charge is 2.36. The summed E-state index contributed by atoms with van der Waals surface area (Å²) < 4.78 is 19.9. The molecule has 1 aliphatic rings. The summed E-state index contributed by atoms with van der Waals surface area (Å²) in [6, 6.07) is 5.02. The Morgan fingerprint density at radius 3 is 2.79 bits per heavy atom. The first-order valence-corrected chi connectivity index (χ1v) is 9.25. The van der Waals surface area contributed by atoms with Gasteiger partial charge >= 0.3 is 0 Å². The van der Waals surface area contributed by atoms with Gasteiger partial charge in [0.05, 0.1) is 0 Å². The van der Waals surface area contributed by atoms with Crippen LogP contribution in [0.25, 0.3) is 0 Å². The normalized spacial score (nSPS) is 16.6. The van der Waals surface area contributed by atoms with Crippen molar-refractivity contribution in [2.45, 2.75) is 32.1 Å². The SMILES string of the molecule is CN=C(NCCc1cc(Br)ccc1F)NCC1(CCOC)CCC1. The van der Waals surface area contributed by atoms with Gasteiger partial charge in [0, 0.05) is 38.3 Å². The van der Waals surface area contributed by atoms with E-state index in [4.69, 9.17) is 4.74 Å². The third-order valence-corrected chi connectivity index (χ3v) is 5.29. The number of guanidine groups is 1. The summed E-state index contributed by atoms with van der Waals surface area (Å²) in [5.41, 5.74) is 1.03. The highest BCUT2D eigenvalue weighted by molar-refractivity contribution is 9.10. The van der Waals surface area contributed by atoms with Crippen LogP contribution in [-0.2, 0) is 11.2 Å². The van der Waals surface area contributed by atoms with Crippen LogP contribution in [0.1, 0.15) is 31.2 Å². The minimum Gasteiger partial charge on any atom is -0.385 e. The third kappa shape index (κ3) is 5.45. The van der Waals surface area contributed by atoms with E-state index < -0.39 is 0 Å². The molecule has 0 radical (unpaired) electrons. The van der Waals surface area contributed by atoms with Gasteiger partial charge in [-0.1, -0.05) is 22.4 Å². The molecule has 1 saturated carbocycles. The highest BCUT2D eigenvalue weighted by atomic mass is 79.9. The van der Waals surface area contributed by atoms with Gasteiger partial charge in [-0.3, -0.25) is 4.99 Å². The number of hydrogen-bond donors (Lipinski definition) is 2. The lowest BCUT2D eigenvalue weighted by atomic mass is 9.67. The largest absolute Gasteiger partial charge is 0.385 e. The molecule has 134 valence electrons. The lowest BCUT2D eigenvalue weighted by Crippen LogP contribution is -2.47. The molecule has 0 aromatic heterocycles. The summed E-state index contributed by atoms with van der Waals surface area (Å²) in [7, 11) is 3.51. The average molecular weight is 400 g/mol. The predicted molar refractivity (Wildman–Crippen MR) is 99.9 cm³/mol. The first-order chi connectivity index (χ1) is 11.6. The van der Waals surface area contributed by atoms with Gasteiger partial charge in [0.25, 0.3) is 0 Å². The molecule has 1 fully saturated rings. The van der Waals surface area contributed by atoms with E-state index in [1.54, 1.807) is 20.2 Å². The molecule has 0 aliphatic heterocycles. The smallest absolute Gasteiger partial charge is 0.191 e. The van der Waals surface area contributed by atoms with Crippen molar-refractivity contribution in [2.75, 3.05) is 33.9 Å². The van der Waals surface area contributed by atoms with Crippen LogP contribution in [0.15, 0.2) is 27.7 Å². The van der Waals surface area contributed by atoms with E-state index in [1.807, 2.05) is 6.07 Å². The van der Waals surface area contributed by atoms with Crippen molar-refractivity contribution in [1.29, 1.82) is 0 Å². The summed E-state index contributed by atoms with van der Waals surface area (Å²) >= 11 is 3.38. The first-order valence-electron chi connectivity index (χ1n) is 8.46. The van der Waals surface area contributed by atoms with Crippen LogP contribution < -0.4 is 10.6 Å². The Labute approximate surface area is 152 Å². The molecule has 24 heavy (non-hydrogen) atoms. The molecule has 0 saturated heterocycles. The van der Waals surface area contributed by atoms with E-state index in [0.29, 0.717) is 23.9 Å². The molecule has 0 spiro atoms. The predicted octanol–water partition coefficient (Wildman–Crippen LogP) is 3.50. The quantitative estimate of drug-likeness (QED) is 0.519. The van der Waals surface area contributed by atoms with Gasteiger partial charge in [-0.15, -0.1) is 0 Å². The zero-order chi connectivity index (χ0) is 17.4. The Hall–Kier alpha value is -1.14. The van der Waals surface area contributed by atoms with Gasteiger partial charge in [0.1, 0.15) is 5.82 Å². The van der Waals surface area contributed by atoms with E-state index in [2.05, 4.69) is 31.6 Å². The zero-order valence-corrected chi connectivity index (χ0v) is 16.1. The summed E-state index contributed by atoms with van der Waals surface area (Å²) in [6.07, 6.45) is 5.46. The van der Waals surface area contributed by atoms with Gasteiger partial charge in [0.15, 0.2) is 5.96 Å². The van der Waals surface area contributed by atoms with E-state index in [1.165, 1.54) is 25.3 Å². The van der Waals surface area contributed by atoms with Crippen LogP contribution in [0.5, 0.6) is 0 Å². The molecular formula is C18H27BrFN3O. The molecule has 2 N–H and O–H groups in total. The van der Waals surface area contributed by atoms with Gasteiger partial charge in [-0.2, -0.15) is 0 Å². The lowest BCUT2D eigenvalue weighted by molar-refractivity contribution is 0.0732. The Kier molecular flexibility index (Phi) is 7.49. The van der Waals surface area contributed by atoms with Crippen molar-refractivity contribution in [1.82, 2.24) is 10.6 Å². The summed E-state index contributed by atoms with van der Waals surface area (Å²) in [5, 5.41) is 6.68. The summed E-state index contributed by atoms with van der Waals surface area (Å²) in [6.45, 7) is 2.34. The second-order valence-corrected chi connectivity index (χ2v) is 7.35. The molecule has 0 bridgehead atoms. The fourth-order valence-electron chi connectivity index (χ4n) is 3.05. The first kappa shape index (κ1) is 19.2. The Balaban J connectivity index is 1.77. The number of nitrogens with zero attached hydrogens (tertiary/aromatic N) is 1. The van der Waals surface area contributed by atoms with Crippen molar-refractivity contribution >= 4 is 21.9 Å². The summed E-state index contributed by atoms with van der Waals surface area (Å²) in [4.78, 5) is 4.26. The molecule has 1 aromatic carbocycles. The number of methoxy groups -OCH3 is 1. The molecule has 0 atom stereocenters. The number of ether oxygens (including phenoxy) is 1. The molecule has 0 unspecified atom stereocenters. The minimum absolute atomic E-state index is 0.170. The van der Waals surface area contributed by atoms with Crippen LogP contribution in [0.3, 0.4) is 0 Å². The van der Waals surface area contributed by atoms with Crippen molar-refractivity contribution in [3.05, 3.63) is 34.1 Å². The van der Waals surface area contributed by atoms with Gasteiger partial charge in [-0.05, 0) is 54.9 Å². The standard InChI is InChI=1S/C18H27BrFN3O/c1-21-17(23-13-18(7-3-8-18)9-11-24-2)22-10-6-14-12-15(19)4-5-16(14)20/h4-5,12H,3,6-11,13H2,1-2H3,(H2,21,22,23). The fraction of sp³-hybridized carbons (Fsp3) is 0.611. The Morgan fingerprint density at radius 2 is 2.17 bits per heavy atom. The van der Waals surface area contributed by atoms with E-state index in [-0.39, 0.29) is 5.82 Å². The van der Waals surface area contributed by atoms with Gasteiger partial charge < -0.3 is 15.4 Å². The van der Waals surface area contributed by atoms with Crippen molar-refractivity contribution in [3.63, 3.8) is 0 Å². The number of nitrogens with one attached hydrogen (secondary N) is 2. The molecule has 6 heteroatoms. The second kappa shape index (κ2) is 9.37. The maximum absolute atomic E-state index is 13.7. The molecule has 2 rings (SSSR count). The maximum Gasteiger partial charge on any atom is 0.191 e. The third-order valence-electron chi connectivity index (χ3n) is 4.80. The minimum atomic E-state index is -0.170. The Morgan fingerprint density at radius 1 is 1.38 bits per heavy atom. The van der Waals surface area contributed by atoms with Crippen LogP contribution in [0, 0.1) is 11.2 Å². The molecule has 4 nitrogen and oxygen atoms in total. The maximum atomic E-state index is 13.7. The van der Waals surface area contributed by atoms with Crippen molar-refractivity contribution < 1.29 is 9.13 Å². The van der Waals surface area contributed by atoms with Crippen LogP contribution in [-0.4, -0.2) is 39.8 Å². The fourth-order valence-corrected chi connectivity index (χ4v) is 3.46. The lowest BCUT2D eigenvalue weighted by Gasteiger charge is -2.42. The monoisotopic (exact) mass is 399 g/mol. The number of rotatable bonds is 8. The number of halogens is 2. The second-order valence-electron chi connectivity index (χ2n) is 6.43. The van der Waals surface area contributed by atoms with Crippen molar-refractivity contribution in [3.8, 4) is 0 Å². The molecule has 0 amide bonds. The number of benzene rings is 1. The topological polar surface area (TPSA) is 45.7 Å². The van der Waals surface area contributed by atoms with Gasteiger partial charge in [0.2, 0.25) is 0 Å². The van der Waals surface area contributed by atoms with E-state index in [9.17, 15) is 4.39 Å². The number of aliphatic imine (C=N–C) groups is 1. The van der Waals surface area contributed by atoms with E-state index in [0.717, 1.165) is 30.0 Å². The zero-order valence-electron chi connectivity index (χ0n) is 14.5. The summed E-state index contributed by atoms with van der Waals surface area (Å²) in [5.74, 6) is 0.602. The van der Waals surface area contributed by atoms with Crippen LogP contribution in [0.2, 0.25) is 0 Å². The van der Waals surface area contributed by atoms with Crippen molar-refractivity contribution in [2.24, 2.45) is 10.4 Å². The van der Waals surface area contributed by atoms with Crippen LogP contribution >= 0.6 is 15.9 Å².